The molecule has 0 fully saturated rings. The summed E-state index contributed by atoms with van der Waals surface area (Å²) < 4.78 is 0. The van der Waals surface area contributed by atoms with Gasteiger partial charge in [0, 0.05) is 18.5 Å². The number of hydrogen-bond acceptors (Lipinski definition) is 1. The Morgan fingerprint density at radius 1 is 1.20 bits per heavy atom. The van der Waals surface area contributed by atoms with Crippen molar-refractivity contribution >= 4 is 29.2 Å². The number of rotatable bonds is 5. The van der Waals surface area contributed by atoms with E-state index >= 15 is 0 Å². The van der Waals surface area contributed by atoms with Gasteiger partial charge in [0.15, 0.2) is 5.96 Å². The van der Waals surface area contributed by atoms with Crippen molar-refractivity contribution in [3.8, 4) is 0 Å². The van der Waals surface area contributed by atoms with E-state index in [1.54, 1.807) is 0 Å². The summed E-state index contributed by atoms with van der Waals surface area (Å²) in [5.74, 6) is 0.586. The van der Waals surface area contributed by atoms with Crippen molar-refractivity contribution < 1.29 is 0 Å². The summed E-state index contributed by atoms with van der Waals surface area (Å²) in [7, 11) is 0. The minimum absolute atomic E-state index is 0.147. The molecule has 0 heterocycles. The van der Waals surface area contributed by atoms with Crippen LogP contribution >= 0.6 is 23.2 Å². The number of guanidine groups is 1. The largest absolute Gasteiger partial charge is 0.370 e. The fraction of sp³-hybridized carbons (Fsp3) is 0.533. The molecule has 0 aliphatic heterocycles. The molecule has 0 aliphatic rings. The third kappa shape index (κ3) is 4.29. The summed E-state index contributed by atoms with van der Waals surface area (Å²) in [4.78, 5) is 6.54. The molecular weight excluding hydrogens is 293 g/mol. The normalized spacial score (nSPS) is 12.6. The first-order chi connectivity index (χ1) is 9.31. The molecule has 0 saturated carbocycles. The van der Waals surface area contributed by atoms with Crippen LogP contribution in [0, 0.1) is 0 Å². The van der Waals surface area contributed by atoms with E-state index in [1.807, 2.05) is 23.1 Å². The fourth-order valence-corrected chi connectivity index (χ4v) is 2.23. The van der Waals surface area contributed by atoms with Gasteiger partial charge >= 0.3 is 0 Å². The Bertz CT molecular complexity index is 480. The number of nitrogens with zero attached hydrogens (tertiary/aromatic N) is 2. The number of benzene rings is 1. The molecule has 20 heavy (non-hydrogen) atoms. The predicted octanol–water partition coefficient (Wildman–Crippen LogP) is 3.93. The van der Waals surface area contributed by atoms with Gasteiger partial charge in [-0.15, -0.1) is 0 Å². The highest BCUT2D eigenvalue weighted by Crippen LogP contribution is 2.30. The zero-order chi connectivity index (χ0) is 15.3. The Labute approximate surface area is 131 Å². The molecule has 5 heteroatoms. The highest BCUT2D eigenvalue weighted by atomic mass is 35.5. The minimum Gasteiger partial charge on any atom is -0.370 e. The number of halogens is 2. The molecule has 0 saturated heterocycles. The van der Waals surface area contributed by atoms with Crippen molar-refractivity contribution in [1.82, 2.24) is 4.90 Å². The van der Waals surface area contributed by atoms with Gasteiger partial charge in [-0.3, -0.25) is 4.99 Å². The average molecular weight is 316 g/mol. The summed E-state index contributed by atoms with van der Waals surface area (Å²) in [5, 5.41) is 1.13. The van der Waals surface area contributed by atoms with Crippen LogP contribution in [0.2, 0.25) is 10.0 Å². The van der Waals surface area contributed by atoms with Crippen LogP contribution in [-0.2, 0) is 5.41 Å². The summed E-state index contributed by atoms with van der Waals surface area (Å²) in [6.07, 6.45) is 0. The van der Waals surface area contributed by atoms with Crippen LogP contribution < -0.4 is 5.73 Å². The Morgan fingerprint density at radius 3 is 2.30 bits per heavy atom. The van der Waals surface area contributed by atoms with Crippen LogP contribution in [0.4, 0.5) is 0 Å². The van der Waals surface area contributed by atoms with E-state index < -0.39 is 0 Å². The number of nitrogens with two attached hydrogens (primary N) is 1. The number of aliphatic imine (C=N–C) groups is 1. The molecule has 1 aromatic carbocycles. The van der Waals surface area contributed by atoms with Gasteiger partial charge in [-0.2, -0.15) is 0 Å². The average Bonchev–Trinajstić information content (AvgIpc) is 2.41. The molecule has 0 atom stereocenters. The Hall–Kier alpha value is -0.930. The highest BCUT2D eigenvalue weighted by Gasteiger charge is 2.21. The van der Waals surface area contributed by atoms with Crippen LogP contribution in [-0.4, -0.2) is 30.5 Å². The van der Waals surface area contributed by atoms with Crippen molar-refractivity contribution in [2.75, 3.05) is 19.6 Å². The highest BCUT2D eigenvalue weighted by molar-refractivity contribution is 6.42. The van der Waals surface area contributed by atoms with Crippen molar-refractivity contribution in [1.29, 1.82) is 0 Å². The second-order valence-electron chi connectivity index (χ2n) is 5.36. The molecule has 0 spiro atoms. The molecule has 0 aromatic heterocycles. The molecule has 1 rings (SSSR count). The zero-order valence-electron chi connectivity index (χ0n) is 12.6. The second kappa shape index (κ2) is 7.19. The minimum atomic E-state index is -0.147. The van der Waals surface area contributed by atoms with Crippen molar-refractivity contribution in [2.45, 2.75) is 33.1 Å². The van der Waals surface area contributed by atoms with Gasteiger partial charge < -0.3 is 10.6 Å². The lowest BCUT2D eigenvalue weighted by Gasteiger charge is -2.25. The zero-order valence-corrected chi connectivity index (χ0v) is 14.1. The topological polar surface area (TPSA) is 41.6 Å². The van der Waals surface area contributed by atoms with Gasteiger partial charge in [-0.1, -0.05) is 43.1 Å². The Balaban J connectivity index is 2.88. The molecule has 2 N–H and O–H groups in total. The molecule has 1 aromatic rings. The first-order valence-electron chi connectivity index (χ1n) is 6.82. The van der Waals surface area contributed by atoms with Gasteiger partial charge in [-0.05, 0) is 31.5 Å². The van der Waals surface area contributed by atoms with Crippen LogP contribution in [0.25, 0.3) is 0 Å². The van der Waals surface area contributed by atoms with E-state index in [1.165, 1.54) is 0 Å². The summed E-state index contributed by atoms with van der Waals surface area (Å²) in [6.45, 7) is 10.7. The van der Waals surface area contributed by atoms with E-state index in [0.717, 1.165) is 18.7 Å². The van der Waals surface area contributed by atoms with Crippen LogP contribution in [0.15, 0.2) is 23.2 Å². The molecule has 0 unspecified atom stereocenters. The van der Waals surface area contributed by atoms with E-state index in [-0.39, 0.29) is 5.41 Å². The lowest BCUT2D eigenvalue weighted by atomic mass is 9.85. The smallest absolute Gasteiger partial charge is 0.191 e. The number of hydrogen-bond donors (Lipinski definition) is 1. The van der Waals surface area contributed by atoms with Crippen LogP contribution in [0.3, 0.4) is 0 Å². The quantitative estimate of drug-likeness (QED) is 0.660. The third-order valence-electron chi connectivity index (χ3n) is 3.42. The molecule has 0 bridgehead atoms. The summed E-state index contributed by atoms with van der Waals surface area (Å²) >= 11 is 12.0. The maximum Gasteiger partial charge on any atom is 0.191 e. The molecule has 112 valence electrons. The predicted molar refractivity (Wildman–Crippen MR) is 88.9 cm³/mol. The Kier molecular flexibility index (Phi) is 6.15. The van der Waals surface area contributed by atoms with Crippen LogP contribution in [0.1, 0.15) is 33.3 Å². The molecule has 0 radical (unpaired) electrons. The fourth-order valence-electron chi connectivity index (χ4n) is 1.93. The van der Waals surface area contributed by atoms with E-state index in [9.17, 15) is 0 Å². The standard InChI is InChI=1S/C15H23Cl2N3/c1-5-20(6-2)14(18)19-10-15(3,4)11-7-8-12(16)13(17)9-11/h7-9H,5-6,10H2,1-4H3,(H2,18,19). The maximum atomic E-state index is 6.08. The van der Waals surface area contributed by atoms with Gasteiger partial charge in [0.1, 0.15) is 0 Å². The lowest BCUT2D eigenvalue weighted by molar-refractivity contribution is 0.451. The second-order valence-corrected chi connectivity index (χ2v) is 6.17. The monoisotopic (exact) mass is 315 g/mol. The van der Waals surface area contributed by atoms with Gasteiger partial charge in [0.2, 0.25) is 0 Å². The summed E-state index contributed by atoms with van der Waals surface area (Å²) in [6, 6.07) is 5.70. The van der Waals surface area contributed by atoms with Gasteiger partial charge in [-0.25, -0.2) is 0 Å². The molecular formula is C15H23Cl2N3. The Morgan fingerprint density at radius 2 is 1.80 bits per heavy atom. The third-order valence-corrected chi connectivity index (χ3v) is 4.16. The summed E-state index contributed by atoms with van der Waals surface area (Å²) in [5.41, 5.74) is 6.96. The lowest BCUT2D eigenvalue weighted by Crippen LogP contribution is -2.38. The van der Waals surface area contributed by atoms with E-state index in [2.05, 4.69) is 32.7 Å². The van der Waals surface area contributed by atoms with Crippen LogP contribution in [0.5, 0.6) is 0 Å². The molecule has 0 amide bonds. The maximum absolute atomic E-state index is 6.08. The van der Waals surface area contributed by atoms with Crippen molar-refractivity contribution in [3.63, 3.8) is 0 Å². The van der Waals surface area contributed by atoms with Gasteiger partial charge in [0.05, 0.1) is 16.6 Å². The van der Waals surface area contributed by atoms with E-state index in [0.29, 0.717) is 22.5 Å². The van der Waals surface area contributed by atoms with Gasteiger partial charge in [0.25, 0.3) is 0 Å². The van der Waals surface area contributed by atoms with Crippen molar-refractivity contribution in [3.05, 3.63) is 33.8 Å². The first-order valence-corrected chi connectivity index (χ1v) is 7.57. The van der Waals surface area contributed by atoms with E-state index in [4.69, 9.17) is 28.9 Å². The molecule has 0 aliphatic carbocycles. The molecule has 3 nitrogen and oxygen atoms in total. The first kappa shape index (κ1) is 17.1. The SMILES string of the molecule is CCN(CC)C(N)=NCC(C)(C)c1ccc(Cl)c(Cl)c1. The van der Waals surface area contributed by atoms with Crippen molar-refractivity contribution in [2.24, 2.45) is 10.7 Å².